The van der Waals surface area contributed by atoms with Crippen LogP contribution in [0.1, 0.15) is 6.42 Å². The van der Waals surface area contributed by atoms with E-state index < -0.39 is 12.1 Å². The zero-order valence-electron chi connectivity index (χ0n) is 6.70. The maximum atomic E-state index is 10.6. The van der Waals surface area contributed by atoms with Crippen molar-refractivity contribution in [1.82, 2.24) is 5.32 Å². The van der Waals surface area contributed by atoms with Crippen LogP contribution in [-0.2, 0) is 9.53 Å². The Morgan fingerprint density at radius 3 is 2.91 bits per heavy atom. The number of carbonyl (C=O) groups excluding carboxylic acids is 1. The third kappa shape index (κ3) is 4.38. The van der Waals surface area contributed by atoms with Gasteiger partial charge in [0.15, 0.2) is 6.10 Å². The molecule has 0 amide bonds. The van der Waals surface area contributed by atoms with E-state index in [2.05, 4.69) is 10.1 Å². The lowest BCUT2D eigenvalue weighted by Crippen LogP contribution is -2.20. The average molecular weight is 159 g/mol. The van der Waals surface area contributed by atoms with Crippen LogP contribution in [0.4, 0.5) is 0 Å². The zero-order valence-corrected chi connectivity index (χ0v) is 6.70. The van der Waals surface area contributed by atoms with Gasteiger partial charge in [-0.05, 0) is 6.20 Å². The molecule has 0 aliphatic rings. The molecular formula is C7H13NO3. The number of carbonyl (C=O) groups is 1. The minimum absolute atomic E-state index is 0.271. The number of hydrogen-bond acceptors (Lipinski definition) is 4. The Morgan fingerprint density at radius 2 is 2.45 bits per heavy atom. The predicted molar refractivity (Wildman–Crippen MR) is 40.8 cm³/mol. The van der Waals surface area contributed by atoms with E-state index >= 15 is 0 Å². The Bertz CT molecular complexity index is 145. The van der Waals surface area contributed by atoms with Crippen molar-refractivity contribution in [1.29, 1.82) is 0 Å². The van der Waals surface area contributed by atoms with Crippen LogP contribution in [0.2, 0.25) is 0 Å². The molecule has 4 heteroatoms. The van der Waals surface area contributed by atoms with E-state index in [1.165, 1.54) is 7.11 Å². The molecule has 0 spiro atoms. The molecule has 1 atom stereocenters. The maximum Gasteiger partial charge on any atom is 0.335 e. The average Bonchev–Trinajstić information content (AvgIpc) is 2.03. The SMILES string of the molecule is CN/C=C\CC(O)C(=O)OC. The molecule has 0 aromatic heterocycles. The quantitative estimate of drug-likeness (QED) is 0.550. The van der Waals surface area contributed by atoms with E-state index in [4.69, 9.17) is 5.11 Å². The highest BCUT2D eigenvalue weighted by Crippen LogP contribution is 1.94. The summed E-state index contributed by atoms with van der Waals surface area (Å²) in [6, 6.07) is 0. The van der Waals surface area contributed by atoms with Crippen molar-refractivity contribution in [2.75, 3.05) is 14.2 Å². The summed E-state index contributed by atoms with van der Waals surface area (Å²) in [6.07, 6.45) is 2.52. The summed E-state index contributed by atoms with van der Waals surface area (Å²) >= 11 is 0. The second-order valence-corrected chi connectivity index (χ2v) is 1.97. The summed E-state index contributed by atoms with van der Waals surface area (Å²) in [6.45, 7) is 0. The summed E-state index contributed by atoms with van der Waals surface area (Å²) < 4.78 is 4.30. The summed E-state index contributed by atoms with van der Waals surface area (Å²) in [4.78, 5) is 10.6. The number of esters is 1. The molecule has 0 bridgehead atoms. The van der Waals surface area contributed by atoms with Gasteiger partial charge in [-0.2, -0.15) is 0 Å². The van der Waals surface area contributed by atoms with Gasteiger partial charge in [0, 0.05) is 13.5 Å². The van der Waals surface area contributed by atoms with E-state index in [-0.39, 0.29) is 6.42 Å². The molecule has 0 aromatic carbocycles. The van der Waals surface area contributed by atoms with Crippen molar-refractivity contribution >= 4 is 5.97 Å². The highest BCUT2D eigenvalue weighted by atomic mass is 16.5. The normalized spacial score (nSPS) is 13.0. The van der Waals surface area contributed by atoms with Crippen LogP contribution in [0.25, 0.3) is 0 Å². The number of rotatable bonds is 4. The third-order valence-corrected chi connectivity index (χ3v) is 1.12. The van der Waals surface area contributed by atoms with Gasteiger partial charge in [-0.15, -0.1) is 0 Å². The lowest BCUT2D eigenvalue weighted by Gasteiger charge is -2.03. The molecule has 0 saturated heterocycles. The molecule has 11 heavy (non-hydrogen) atoms. The van der Waals surface area contributed by atoms with Gasteiger partial charge < -0.3 is 15.2 Å². The number of hydrogen-bond donors (Lipinski definition) is 2. The van der Waals surface area contributed by atoms with Crippen molar-refractivity contribution < 1.29 is 14.6 Å². The van der Waals surface area contributed by atoms with Crippen molar-refractivity contribution in [3.05, 3.63) is 12.3 Å². The molecule has 0 aliphatic carbocycles. The third-order valence-electron chi connectivity index (χ3n) is 1.12. The number of aliphatic hydroxyl groups is 1. The smallest absolute Gasteiger partial charge is 0.335 e. The first kappa shape index (κ1) is 9.97. The van der Waals surface area contributed by atoms with Gasteiger partial charge in [-0.1, -0.05) is 6.08 Å². The van der Waals surface area contributed by atoms with Crippen molar-refractivity contribution in [3.63, 3.8) is 0 Å². The van der Waals surface area contributed by atoms with Gasteiger partial charge in [-0.3, -0.25) is 0 Å². The van der Waals surface area contributed by atoms with Crippen LogP contribution in [0.15, 0.2) is 12.3 Å². The highest BCUT2D eigenvalue weighted by Gasteiger charge is 2.12. The molecular weight excluding hydrogens is 146 g/mol. The van der Waals surface area contributed by atoms with Crippen molar-refractivity contribution in [2.45, 2.75) is 12.5 Å². The summed E-state index contributed by atoms with van der Waals surface area (Å²) in [7, 11) is 2.98. The van der Waals surface area contributed by atoms with E-state index in [1.807, 2.05) is 0 Å². The Balaban J connectivity index is 3.59. The minimum atomic E-state index is -1.05. The van der Waals surface area contributed by atoms with E-state index in [9.17, 15) is 4.79 Å². The maximum absolute atomic E-state index is 10.6. The number of aliphatic hydroxyl groups excluding tert-OH is 1. The van der Waals surface area contributed by atoms with Crippen LogP contribution < -0.4 is 5.32 Å². The fourth-order valence-corrected chi connectivity index (χ4v) is 0.547. The van der Waals surface area contributed by atoms with Gasteiger partial charge in [0.2, 0.25) is 0 Å². The van der Waals surface area contributed by atoms with Crippen molar-refractivity contribution in [3.8, 4) is 0 Å². The standard InChI is InChI=1S/C7H13NO3/c1-8-5-3-4-6(9)7(10)11-2/h3,5-6,8-9H,4H2,1-2H3/b5-3-. The van der Waals surface area contributed by atoms with Gasteiger partial charge in [0.1, 0.15) is 0 Å². The first-order valence-corrected chi connectivity index (χ1v) is 3.30. The van der Waals surface area contributed by atoms with Gasteiger partial charge in [0.05, 0.1) is 7.11 Å². The van der Waals surface area contributed by atoms with E-state index in [1.54, 1.807) is 19.3 Å². The van der Waals surface area contributed by atoms with Crippen molar-refractivity contribution in [2.24, 2.45) is 0 Å². The lowest BCUT2D eigenvalue weighted by atomic mass is 10.2. The Hall–Kier alpha value is -1.03. The van der Waals surface area contributed by atoms with Crippen LogP contribution >= 0.6 is 0 Å². The number of ether oxygens (including phenoxy) is 1. The van der Waals surface area contributed by atoms with Crippen LogP contribution in [0, 0.1) is 0 Å². The first-order chi connectivity index (χ1) is 5.22. The molecule has 0 aromatic rings. The minimum Gasteiger partial charge on any atom is -0.467 e. The summed E-state index contributed by atoms with van der Waals surface area (Å²) in [5.41, 5.74) is 0. The molecule has 0 aliphatic heterocycles. The molecule has 0 heterocycles. The van der Waals surface area contributed by atoms with E-state index in [0.29, 0.717) is 0 Å². The van der Waals surface area contributed by atoms with E-state index in [0.717, 1.165) is 0 Å². The molecule has 64 valence electrons. The fourth-order valence-electron chi connectivity index (χ4n) is 0.547. The predicted octanol–water partition coefficient (Wildman–Crippen LogP) is -0.357. The molecule has 2 N–H and O–H groups in total. The van der Waals surface area contributed by atoms with Gasteiger partial charge in [-0.25, -0.2) is 4.79 Å². The number of methoxy groups -OCH3 is 1. The largest absolute Gasteiger partial charge is 0.467 e. The van der Waals surface area contributed by atoms with Gasteiger partial charge in [0.25, 0.3) is 0 Å². The second kappa shape index (κ2) is 5.73. The summed E-state index contributed by atoms with van der Waals surface area (Å²) in [5.74, 6) is -0.606. The number of nitrogens with one attached hydrogen (secondary N) is 1. The zero-order chi connectivity index (χ0) is 8.69. The first-order valence-electron chi connectivity index (χ1n) is 3.30. The molecule has 1 unspecified atom stereocenters. The Kier molecular flexibility index (Phi) is 5.20. The second-order valence-electron chi connectivity index (χ2n) is 1.97. The van der Waals surface area contributed by atoms with Gasteiger partial charge >= 0.3 is 5.97 Å². The fraction of sp³-hybridized carbons (Fsp3) is 0.571. The molecule has 0 saturated carbocycles. The van der Waals surface area contributed by atoms with Crippen LogP contribution in [0.5, 0.6) is 0 Å². The summed E-state index contributed by atoms with van der Waals surface area (Å²) in [5, 5.41) is 11.7. The highest BCUT2D eigenvalue weighted by molar-refractivity contribution is 5.74. The lowest BCUT2D eigenvalue weighted by molar-refractivity contribution is -0.150. The molecule has 4 nitrogen and oxygen atoms in total. The molecule has 0 radical (unpaired) electrons. The topological polar surface area (TPSA) is 58.6 Å². The Morgan fingerprint density at radius 1 is 1.82 bits per heavy atom. The monoisotopic (exact) mass is 159 g/mol. The van der Waals surface area contributed by atoms with Crippen LogP contribution in [-0.4, -0.2) is 31.3 Å². The van der Waals surface area contributed by atoms with Crippen LogP contribution in [0.3, 0.4) is 0 Å². The molecule has 0 rings (SSSR count). The Labute approximate surface area is 65.9 Å². The molecule has 0 fully saturated rings.